The van der Waals surface area contributed by atoms with E-state index >= 15 is 0 Å². The number of carbonyl (C=O) groups excluding carboxylic acids is 9. The molecule has 0 aliphatic carbocycles. The zero-order valence-electron chi connectivity index (χ0n) is 41.9. The minimum atomic E-state index is -1.43. The number of nitrogens with one attached hydrogen (secondary N) is 9. The number of nitrogens with two attached hydrogens (primary N) is 4. The van der Waals surface area contributed by atoms with Crippen LogP contribution >= 0.6 is 0 Å². The van der Waals surface area contributed by atoms with Crippen LogP contribution in [-0.2, 0) is 49.6 Å². The minimum Gasteiger partial charge on any atom is -0.354 e. The van der Waals surface area contributed by atoms with E-state index in [1.807, 2.05) is 27.7 Å². The van der Waals surface area contributed by atoms with Crippen molar-refractivity contribution >= 4 is 53.2 Å². The molecule has 22 nitrogen and oxygen atoms in total. The molecule has 0 bridgehead atoms. The summed E-state index contributed by atoms with van der Waals surface area (Å²) in [6.45, 7) is 8.71. The molecule has 1 saturated heterocycles. The zero-order valence-corrected chi connectivity index (χ0v) is 41.9. The molecule has 394 valence electrons. The van der Waals surface area contributed by atoms with Crippen molar-refractivity contribution in [1.82, 2.24) is 47.9 Å². The summed E-state index contributed by atoms with van der Waals surface area (Å²) in [4.78, 5) is 125. The van der Waals surface area contributed by atoms with Gasteiger partial charge >= 0.3 is 0 Å². The molecule has 8 atom stereocenters. The summed E-state index contributed by atoms with van der Waals surface area (Å²) in [5.41, 5.74) is 24.3. The van der Waals surface area contributed by atoms with Crippen LogP contribution in [0.2, 0.25) is 0 Å². The van der Waals surface area contributed by atoms with Gasteiger partial charge in [-0.3, -0.25) is 43.2 Å². The van der Waals surface area contributed by atoms with Crippen LogP contribution in [0, 0.1) is 11.8 Å². The third-order valence-electron chi connectivity index (χ3n) is 11.6. The zero-order chi connectivity index (χ0) is 52.2. The van der Waals surface area contributed by atoms with Crippen LogP contribution in [0.25, 0.3) is 0 Å². The van der Waals surface area contributed by atoms with Gasteiger partial charge in [0.05, 0.1) is 0 Å². The van der Waals surface area contributed by atoms with E-state index in [1.54, 1.807) is 30.3 Å². The van der Waals surface area contributed by atoms with E-state index < -0.39 is 101 Å². The molecule has 1 heterocycles. The first-order chi connectivity index (χ1) is 33.4. The maximum atomic E-state index is 14.3. The summed E-state index contributed by atoms with van der Waals surface area (Å²) in [5, 5.41) is 24.2. The molecule has 0 unspecified atom stereocenters. The number of hydrogen-bond acceptors (Lipinski definition) is 13. The largest absolute Gasteiger partial charge is 0.354 e. The fourth-order valence-electron chi connectivity index (χ4n) is 7.80. The minimum absolute atomic E-state index is 0.0362. The summed E-state index contributed by atoms with van der Waals surface area (Å²) < 4.78 is 0. The fourth-order valence-corrected chi connectivity index (χ4v) is 7.80. The van der Waals surface area contributed by atoms with Crippen molar-refractivity contribution in [3.63, 3.8) is 0 Å². The van der Waals surface area contributed by atoms with Crippen LogP contribution in [0.5, 0.6) is 0 Å². The maximum Gasteiger partial charge on any atom is 0.244 e. The van der Waals surface area contributed by atoms with Crippen LogP contribution in [0.15, 0.2) is 30.3 Å². The van der Waals surface area contributed by atoms with E-state index in [2.05, 4.69) is 54.8 Å². The summed E-state index contributed by atoms with van der Waals surface area (Å²) in [5.74, 6) is -6.71. The van der Waals surface area contributed by atoms with Gasteiger partial charge in [-0.25, -0.2) is 0 Å². The Bertz CT molecular complexity index is 1840. The Labute approximate surface area is 413 Å². The molecular formula is C48H83N13O9. The smallest absolute Gasteiger partial charge is 0.244 e. The van der Waals surface area contributed by atoms with Crippen molar-refractivity contribution in [2.45, 2.75) is 166 Å². The van der Waals surface area contributed by atoms with Crippen LogP contribution in [0.1, 0.15) is 117 Å². The Hall–Kier alpha value is -5.71. The van der Waals surface area contributed by atoms with E-state index in [0.29, 0.717) is 12.0 Å². The normalized spacial score (nSPS) is 23.2. The molecule has 1 fully saturated rings. The predicted octanol–water partition coefficient (Wildman–Crippen LogP) is -1.91. The topological polar surface area (TPSA) is 366 Å². The van der Waals surface area contributed by atoms with Crippen molar-refractivity contribution in [3.8, 4) is 0 Å². The Balaban J connectivity index is 2.68. The molecule has 1 aromatic rings. The highest BCUT2D eigenvalue weighted by Gasteiger charge is 2.35. The number of benzene rings is 1. The monoisotopic (exact) mass is 986 g/mol. The van der Waals surface area contributed by atoms with E-state index in [0.717, 1.165) is 25.7 Å². The Morgan fingerprint density at radius 2 is 1.03 bits per heavy atom. The van der Waals surface area contributed by atoms with Crippen molar-refractivity contribution < 1.29 is 43.2 Å². The lowest BCUT2D eigenvalue weighted by molar-refractivity contribution is -0.136. The molecule has 22 heteroatoms. The number of amides is 9. The van der Waals surface area contributed by atoms with Crippen LogP contribution in [0.4, 0.5) is 0 Å². The van der Waals surface area contributed by atoms with Gasteiger partial charge in [0.25, 0.3) is 0 Å². The van der Waals surface area contributed by atoms with Gasteiger partial charge < -0.3 is 70.8 Å². The van der Waals surface area contributed by atoms with Gasteiger partial charge in [-0.15, -0.1) is 0 Å². The van der Waals surface area contributed by atoms with Gasteiger partial charge in [0.1, 0.15) is 48.3 Å². The molecule has 0 saturated carbocycles. The van der Waals surface area contributed by atoms with Gasteiger partial charge in [0.2, 0.25) is 53.2 Å². The average molecular weight is 986 g/mol. The molecule has 0 radical (unpaired) electrons. The van der Waals surface area contributed by atoms with Gasteiger partial charge in [-0.05, 0) is 82.0 Å². The van der Waals surface area contributed by atoms with E-state index in [9.17, 15) is 43.2 Å². The van der Waals surface area contributed by atoms with E-state index in [1.165, 1.54) is 0 Å². The molecule has 2 rings (SSSR count). The third kappa shape index (κ3) is 22.4. The Morgan fingerprint density at radius 1 is 0.586 bits per heavy atom. The van der Waals surface area contributed by atoms with Crippen molar-refractivity contribution in [2.24, 2.45) is 34.8 Å². The lowest BCUT2D eigenvalue weighted by Gasteiger charge is -2.28. The molecule has 1 aliphatic rings. The molecule has 70 heavy (non-hydrogen) atoms. The van der Waals surface area contributed by atoms with Gasteiger partial charge in [-0.2, -0.15) is 0 Å². The lowest BCUT2D eigenvalue weighted by Crippen LogP contribution is -2.61. The van der Waals surface area contributed by atoms with Gasteiger partial charge in [-0.1, -0.05) is 90.6 Å². The standard InChI is InChI=1S/C48H83N13O9/c1-6-7-8-9-13-16-40(62)54-39(28-52)48(70)58-35-20-24-53-41(63)36(25-29(2)3)59-43(65)33(18-22-50)55-42(64)32(17-21-49)57-46(68)37(26-30(4)5)60-47(69)38(27-31-14-11-10-12-15-31)61-44(66)34(19-23-51)56-45(35)67/h10-12,14-15,29-30,32-39H,6-9,13,16-28,49-52H2,1-5H3,(H,53,63)(H,54,62)(H,55,64)(H,56,67)(H,57,68)(H,58,70)(H,59,65)(H,60,69)(H,61,66)/t32-,33-,34-,35-,36-,37-,38+,39+/m0/s1. The second-order valence-electron chi connectivity index (χ2n) is 18.7. The summed E-state index contributed by atoms with van der Waals surface area (Å²) in [6.07, 6.45) is 4.44. The Kier molecular flexibility index (Phi) is 28.5. The lowest BCUT2D eigenvalue weighted by atomic mass is 10.00. The van der Waals surface area contributed by atoms with Gasteiger partial charge in [0, 0.05) is 25.9 Å². The Morgan fingerprint density at radius 3 is 1.51 bits per heavy atom. The highest BCUT2D eigenvalue weighted by molar-refractivity contribution is 5.98. The summed E-state index contributed by atoms with van der Waals surface area (Å²) >= 11 is 0. The third-order valence-corrected chi connectivity index (χ3v) is 11.6. The molecule has 1 aromatic carbocycles. The molecule has 17 N–H and O–H groups in total. The highest BCUT2D eigenvalue weighted by Crippen LogP contribution is 2.12. The first-order valence-corrected chi connectivity index (χ1v) is 24.9. The number of carbonyl (C=O) groups is 9. The van der Waals surface area contributed by atoms with Gasteiger partial charge in [0.15, 0.2) is 0 Å². The quantitative estimate of drug-likeness (QED) is 0.0565. The molecule has 0 aromatic heterocycles. The maximum absolute atomic E-state index is 14.3. The molecule has 9 amide bonds. The van der Waals surface area contributed by atoms with E-state index in [4.69, 9.17) is 22.9 Å². The SMILES string of the molecule is CCCCCCCC(=O)N[C@H](CN)C(=O)N[C@H]1CCNC(=O)[C@H](CC(C)C)NC(=O)[C@H](CCN)NC(=O)[C@H](CCN)NC(=O)[C@H](CC(C)C)NC(=O)[C@@H](Cc2ccccc2)NC(=O)[C@H](CCN)NC1=O. The van der Waals surface area contributed by atoms with Crippen LogP contribution in [-0.4, -0.2) is 134 Å². The van der Waals surface area contributed by atoms with Crippen LogP contribution < -0.4 is 70.8 Å². The first kappa shape index (κ1) is 60.4. The number of unbranched alkanes of at least 4 members (excludes halogenated alkanes) is 4. The fraction of sp³-hybridized carbons (Fsp3) is 0.688. The van der Waals surface area contributed by atoms with Crippen molar-refractivity contribution in [3.05, 3.63) is 35.9 Å². The number of hydrogen-bond donors (Lipinski definition) is 13. The average Bonchev–Trinajstić information content (AvgIpc) is 3.31. The van der Waals surface area contributed by atoms with Crippen LogP contribution in [0.3, 0.4) is 0 Å². The van der Waals surface area contributed by atoms with E-state index in [-0.39, 0.29) is 95.9 Å². The summed E-state index contributed by atoms with van der Waals surface area (Å²) in [7, 11) is 0. The van der Waals surface area contributed by atoms with Crippen molar-refractivity contribution in [1.29, 1.82) is 0 Å². The molecule has 1 aliphatic heterocycles. The second kappa shape index (κ2) is 33.0. The summed E-state index contributed by atoms with van der Waals surface area (Å²) in [6, 6.07) is -1.38. The predicted molar refractivity (Wildman–Crippen MR) is 266 cm³/mol. The first-order valence-electron chi connectivity index (χ1n) is 24.9. The van der Waals surface area contributed by atoms with Crippen molar-refractivity contribution in [2.75, 3.05) is 32.7 Å². The highest BCUT2D eigenvalue weighted by atomic mass is 16.2. The molecule has 0 spiro atoms. The number of rotatable bonds is 22. The molecular weight excluding hydrogens is 903 g/mol. The second-order valence-corrected chi connectivity index (χ2v) is 18.7.